The van der Waals surface area contributed by atoms with Crippen LogP contribution in [0.3, 0.4) is 0 Å². The Hall–Kier alpha value is -7.16. The van der Waals surface area contributed by atoms with Crippen LogP contribution in [0.5, 0.6) is 0 Å². The number of allylic oxidation sites excluding steroid dienone is 2. The molecule has 0 heterocycles. The summed E-state index contributed by atoms with van der Waals surface area (Å²) in [5.74, 6) is 1.04. The molecular formula is C69H72N2. The number of nitrogens with zero attached hydrogens (tertiary/aromatic N) is 2. The van der Waals surface area contributed by atoms with Gasteiger partial charge in [0.25, 0.3) is 0 Å². The van der Waals surface area contributed by atoms with Gasteiger partial charge in [0.05, 0.1) is 0 Å². The first kappa shape index (κ1) is 48.8. The molecule has 0 aromatic heterocycles. The maximum Gasteiger partial charge on any atom is 0.0462 e. The van der Waals surface area contributed by atoms with E-state index in [1.54, 1.807) is 0 Å². The monoisotopic (exact) mass is 929 g/mol. The highest BCUT2D eigenvalue weighted by Gasteiger charge is 2.42. The van der Waals surface area contributed by atoms with Crippen LogP contribution in [0.4, 0.5) is 34.1 Å². The first-order valence-electron chi connectivity index (χ1n) is 26.3. The fourth-order valence-electron chi connectivity index (χ4n) is 10.9. The number of hydrogen-bond acceptors (Lipinski definition) is 2. The molecule has 0 bridgehead atoms. The Morgan fingerprint density at radius 3 is 1.13 bits per heavy atom. The quantitative estimate of drug-likeness (QED) is 0.0555. The molecule has 8 aromatic rings. The van der Waals surface area contributed by atoms with Crippen LogP contribution >= 0.6 is 0 Å². The molecule has 1 aliphatic carbocycles. The molecule has 0 saturated carbocycles. The Balaban J connectivity index is 1.03. The van der Waals surface area contributed by atoms with Gasteiger partial charge in [0.15, 0.2) is 0 Å². The van der Waals surface area contributed by atoms with E-state index in [9.17, 15) is 0 Å². The lowest BCUT2D eigenvalue weighted by Gasteiger charge is -2.33. The van der Waals surface area contributed by atoms with Gasteiger partial charge in [-0.2, -0.15) is 0 Å². The topological polar surface area (TPSA) is 6.48 Å². The van der Waals surface area contributed by atoms with Crippen LogP contribution in [0.15, 0.2) is 207 Å². The number of benzene rings is 8. The second kappa shape index (κ2) is 21.9. The van der Waals surface area contributed by atoms with Crippen molar-refractivity contribution in [1.29, 1.82) is 0 Å². The van der Waals surface area contributed by atoms with Gasteiger partial charge in [-0.15, -0.1) is 13.2 Å². The molecule has 9 rings (SSSR count). The summed E-state index contributed by atoms with van der Waals surface area (Å²) in [5.41, 5.74) is 22.7. The molecule has 358 valence electrons. The molecule has 2 nitrogen and oxygen atoms in total. The van der Waals surface area contributed by atoms with Crippen molar-refractivity contribution < 1.29 is 0 Å². The molecule has 0 saturated heterocycles. The summed E-state index contributed by atoms with van der Waals surface area (Å²) >= 11 is 0. The van der Waals surface area contributed by atoms with Crippen LogP contribution in [-0.4, -0.2) is 0 Å². The minimum absolute atomic E-state index is 0.0351. The predicted molar refractivity (Wildman–Crippen MR) is 308 cm³/mol. The maximum atomic E-state index is 4.08. The van der Waals surface area contributed by atoms with Gasteiger partial charge in [0.2, 0.25) is 0 Å². The van der Waals surface area contributed by atoms with E-state index >= 15 is 0 Å². The lowest BCUT2D eigenvalue weighted by molar-refractivity contribution is 0.422. The molecule has 71 heavy (non-hydrogen) atoms. The van der Waals surface area contributed by atoms with E-state index in [0.29, 0.717) is 11.8 Å². The zero-order chi connectivity index (χ0) is 49.5. The third kappa shape index (κ3) is 10.2. The van der Waals surface area contributed by atoms with Crippen LogP contribution in [0.25, 0.3) is 33.4 Å². The Kier molecular flexibility index (Phi) is 15.0. The normalized spacial score (nSPS) is 13.2. The SMILES string of the molecule is C=CCCCC1(CCCC=C)c2cc(C)ccc2-c2ccc(-c3ccc(N(c4ccc(-c5ccc(N(c6ccc(C)cc6)c6ccc(C(C)CC)cc6)cc5)cc4)c4ccc(C(C)CC)cc4)cc3)cc21. The van der Waals surface area contributed by atoms with E-state index < -0.39 is 0 Å². The van der Waals surface area contributed by atoms with Gasteiger partial charge in [-0.1, -0.05) is 154 Å². The summed E-state index contributed by atoms with van der Waals surface area (Å²) in [4.78, 5) is 4.76. The predicted octanol–water partition coefficient (Wildman–Crippen LogP) is 20.6. The minimum Gasteiger partial charge on any atom is -0.311 e. The summed E-state index contributed by atoms with van der Waals surface area (Å²) < 4.78 is 0. The van der Waals surface area contributed by atoms with Crippen LogP contribution in [-0.2, 0) is 5.41 Å². The molecule has 8 aromatic carbocycles. The first-order chi connectivity index (χ1) is 34.6. The van der Waals surface area contributed by atoms with Crippen molar-refractivity contribution in [2.24, 2.45) is 0 Å². The molecule has 0 N–H and O–H groups in total. The van der Waals surface area contributed by atoms with Crippen molar-refractivity contribution in [3.8, 4) is 33.4 Å². The van der Waals surface area contributed by atoms with Gasteiger partial charge < -0.3 is 9.80 Å². The zero-order valence-electron chi connectivity index (χ0n) is 43.1. The molecule has 0 aliphatic heterocycles. The molecule has 0 radical (unpaired) electrons. The largest absolute Gasteiger partial charge is 0.311 e. The van der Waals surface area contributed by atoms with E-state index in [4.69, 9.17) is 0 Å². The lowest BCUT2D eigenvalue weighted by Crippen LogP contribution is -2.25. The Morgan fingerprint density at radius 1 is 0.408 bits per heavy atom. The number of hydrogen-bond donors (Lipinski definition) is 0. The minimum atomic E-state index is -0.0351. The van der Waals surface area contributed by atoms with Gasteiger partial charge >= 0.3 is 0 Å². The summed E-state index contributed by atoms with van der Waals surface area (Å²) in [7, 11) is 0. The number of fused-ring (bicyclic) bond motifs is 3. The van der Waals surface area contributed by atoms with Crippen molar-refractivity contribution in [3.05, 3.63) is 241 Å². The lowest BCUT2D eigenvalue weighted by atomic mass is 9.70. The molecule has 1 aliphatic rings. The van der Waals surface area contributed by atoms with E-state index in [-0.39, 0.29) is 5.41 Å². The van der Waals surface area contributed by atoms with Crippen LogP contribution < -0.4 is 9.80 Å². The first-order valence-corrected chi connectivity index (χ1v) is 26.3. The summed E-state index contributed by atoms with van der Waals surface area (Å²) in [6.45, 7) is 21.7. The van der Waals surface area contributed by atoms with Gasteiger partial charge in [-0.25, -0.2) is 0 Å². The van der Waals surface area contributed by atoms with Crippen LogP contribution in [0.2, 0.25) is 0 Å². The highest BCUT2D eigenvalue weighted by molar-refractivity contribution is 5.86. The Labute approximate surface area is 426 Å². The fourth-order valence-corrected chi connectivity index (χ4v) is 10.9. The third-order valence-corrected chi connectivity index (χ3v) is 15.5. The second-order valence-electron chi connectivity index (χ2n) is 20.2. The number of anilines is 6. The molecule has 2 unspecified atom stereocenters. The second-order valence-corrected chi connectivity index (χ2v) is 20.2. The average Bonchev–Trinajstić information content (AvgIpc) is 3.67. The molecule has 2 heteroatoms. The average molecular weight is 929 g/mol. The maximum absolute atomic E-state index is 4.08. The van der Waals surface area contributed by atoms with Crippen molar-refractivity contribution in [2.75, 3.05) is 9.80 Å². The summed E-state index contributed by atoms with van der Waals surface area (Å²) in [6, 6.07) is 68.8. The highest BCUT2D eigenvalue weighted by Crippen LogP contribution is 2.55. The van der Waals surface area contributed by atoms with E-state index in [2.05, 4.69) is 259 Å². The van der Waals surface area contributed by atoms with Gasteiger partial charge in [0, 0.05) is 39.5 Å². The summed E-state index contributed by atoms with van der Waals surface area (Å²) in [6.07, 6.45) is 12.9. The van der Waals surface area contributed by atoms with Crippen molar-refractivity contribution in [3.63, 3.8) is 0 Å². The van der Waals surface area contributed by atoms with Gasteiger partial charge in [-0.3, -0.25) is 0 Å². The Bertz CT molecular complexity index is 3030. The highest BCUT2D eigenvalue weighted by atomic mass is 15.1. The number of aryl methyl sites for hydroxylation is 2. The summed E-state index contributed by atoms with van der Waals surface area (Å²) in [5, 5.41) is 0. The van der Waals surface area contributed by atoms with Crippen molar-refractivity contribution in [2.45, 2.75) is 110 Å². The van der Waals surface area contributed by atoms with E-state index in [1.807, 2.05) is 0 Å². The standard InChI is InChI=1S/C69H72N2/c1-9-13-15-45-69(46-16-14-10-2)67-47-50(6)19-43-65(67)66-44-30-58(48-68(66)69)57-28-41-64(42-29-57)71(61-35-22-54(23-36-61)52(8)12-4)63-39-26-56(27-40-63)55-24-37-62(38-25-55)70(59-31-17-49(5)18-32-59)60-33-20-53(21-34-60)51(7)11-3/h9-10,17-44,47-48,51-52H,1-2,11-16,45-46H2,3-8H3. The van der Waals surface area contributed by atoms with Crippen LogP contribution in [0, 0.1) is 13.8 Å². The number of unbranched alkanes of at least 4 members (excludes halogenated alkanes) is 2. The van der Waals surface area contributed by atoms with E-state index in [1.165, 1.54) is 66.8 Å². The fraction of sp³-hybridized carbons (Fsp3) is 0.246. The molecule has 0 fully saturated rings. The van der Waals surface area contributed by atoms with Crippen LogP contribution in [0.1, 0.15) is 124 Å². The van der Waals surface area contributed by atoms with Gasteiger partial charge in [0.1, 0.15) is 0 Å². The van der Waals surface area contributed by atoms with Gasteiger partial charge in [-0.05, 0) is 212 Å². The molecule has 0 spiro atoms. The van der Waals surface area contributed by atoms with Crippen molar-refractivity contribution in [1.82, 2.24) is 0 Å². The molecule has 2 atom stereocenters. The van der Waals surface area contributed by atoms with Crippen molar-refractivity contribution >= 4 is 34.1 Å². The van der Waals surface area contributed by atoms with E-state index in [0.717, 1.165) is 85.5 Å². The molecule has 0 amide bonds. The zero-order valence-corrected chi connectivity index (χ0v) is 43.1. The molecular weight excluding hydrogens is 857 g/mol. The number of rotatable bonds is 20. The third-order valence-electron chi connectivity index (χ3n) is 15.5. The Morgan fingerprint density at radius 2 is 0.732 bits per heavy atom. The smallest absolute Gasteiger partial charge is 0.0462 e.